The molecule has 0 spiro atoms. The first-order valence-corrected chi connectivity index (χ1v) is 11.8. The molecule has 4 rings (SSSR count). The number of methoxy groups -OCH3 is 1. The maximum atomic E-state index is 13.5. The number of esters is 1. The number of amides is 2. The first-order chi connectivity index (χ1) is 17.0. The Morgan fingerprint density at radius 1 is 0.944 bits per heavy atom. The van der Waals surface area contributed by atoms with Gasteiger partial charge in [-0.15, -0.1) is 0 Å². The number of anilines is 1. The maximum absolute atomic E-state index is 13.5. The standard InChI is InChI=1S/C28H27N3O4S/c1-15-7-8-16(2)24(11-15)31-26(33)22(25(32)29-28(31)36)14-21-13-18(4)30(19(21)5)23-10-9-20(12-17(23)3)27(34)35-6/h7-14H,1-6H3,(H,29,32,36)/b22-14+. The Morgan fingerprint density at radius 2 is 1.67 bits per heavy atom. The van der Waals surface area contributed by atoms with E-state index in [2.05, 4.69) is 5.32 Å². The van der Waals surface area contributed by atoms with Crippen molar-refractivity contribution in [3.05, 3.63) is 87.2 Å². The van der Waals surface area contributed by atoms with Crippen LogP contribution in [0.5, 0.6) is 0 Å². The number of nitrogens with zero attached hydrogens (tertiary/aromatic N) is 2. The molecule has 2 amide bonds. The molecule has 8 heteroatoms. The van der Waals surface area contributed by atoms with Crippen LogP contribution in [0.2, 0.25) is 0 Å². The zero-order valence-electron chi connectivity index (χ0n) is 21.1. The number of carbonyl (C=O) groups is 3. The molecule has 0 bridgehead atoms. The van der Waals surface area contributed by atoms with Crippen LogP contribution in [-0.2, 0) is 14.3 Å². The molecule has 0 atom stereocenters. The van der Waals surface area contributed by atoms with Crippen molar-refractivity contribution in [2.45, 2.75) is 34.6 Å². The second-order valence-electron chi connectivity index (χ2n) is 8.90. The van der Waals surface area contributed by atoms with Gasteiger partial charge in [0.1, 0.15) is 5.57 Å². The lowest BCUT2D eigenvalue weighted by atomic mass is 10.0. The van der Waals surface area contributed by atoms with Gasteiger partial charge in [0.05, 0.1) is 18.4 Å². The number of ether oxygens (including phenoxy) is 1. The van der Waals surface area contributed by atoms with E-state index in [1.54, 1.807) is 18.2 Å². The number of thiocarbonyl (C=S) groups is 1. The first-order valence-electron chi connectivity index (χ1n) is 11.4. The Hall–Kier alpha value is -4.04. The lowest BCUT2D eigenvalue weighted by Crippen LogP contribution is -2.54. The predicted molar refractivity (Wildman–Crippen MR) is 143 cm³/mol. The second-order valence-corrected chi connectivity index (χ2v) is 9.29. The first kappa shape index (κ1) is 25.1. The molecule has 1 saturated heterocycles. The SMILES string of the molecule is COC(=O)c1ccc(-n2c(C)cc(/C=C3\C(=O)NC(=S)N(c4cc(C)ccc4C)C3=O)c2C)c(C)c1. The largest absolute Gasteiger partial charge is 0.465 e. The van der Waals surface area contributed by atoms with Gasteiger partial charge in [-0.1, -0.05) is 12.1 Å². The monoisotopic (exact) mass is 501 g/mol. The van der Waals surface area contributed by atoms with Gasteiger partial charge < -0.3 is 9.30 Å². The zero-order chi connectivity index (χ0) is 26.3. The zero-order valence-corrected chi connectivity index (χ0v) is 21.9. The number of carbonyl (C=O) groups excluding carboxylic acids is 3. The fourth-order valence-electron chi connectivity index (χ4n) is 4.45. The number of nitrogens with one attached hydrogen (secondary N) is 1. The van der Waals surface area contributed by atoms with Gasteiger partial charge in [-0.2, -0.15) is 0 Å². The van der Waals surface area contributed by atoms with E-state index in [1.165, 1.54) is 12.0 Å². The van der Waals surface area contributed by atoms with Gasteiger partial charge in [0.25, 0.3) is 11.8 Å². The summed E-state index contributed by atoms with van der Waals surface area (Å²) in [5.41, 5.74) is 7.23. The van der Waals surface area contributed by atoms with Crippen molar-refractivity contribution in [2.75, 3.05) is 12.0 Å². The molecule has 1 N–H and O–H groups in total. The van der Waals surface area contributed by atoms with Crippen molar-refractivity contribution in [1.29, 1.82) is 0 Å². The van der Waals surface area contributed by atoms with Gasteiger partial charge in [-0.25, -0.2) is 4.79 Å². The van der Waals surface area contributed by atoms with E-state index < -0.39 is 17.8 Å². The van der Waals surface area contributed by atoms with Crippen LogP contribution >= 0.6 is 12.2 Å². The summed E-state index contributed by atoms with van der Waals surface area (Å²) in [4.78, 5) is 39.7. The maximum Gasteiger partial charge on any atom is 0.337 e. The van der Waals surface area contributed by atoms with E-state index in [-0.39, 0.29) is 10.7 Å². The average molecular weight is 502 g/mol. The van der Waals surface area contributed by atoms with Crippen LogP contribution in [0.25, 0.3) is 11.8 Å². The molecule has 2 aromatic carbocycles. The predicted octanol–water partition coefficient (Wildman–Crippen LogP) is 4.64. The van der Waals surface area contributed by atoms with Gasteiger partial charge in [0, 0.05) is 17.1 Å². The van der Waals surface area contributed by atoms with Crippen LogP contribution in [0.15, 0.2) is 48.0 Å². The van der Waals surface area contributed by atoms with Crippen LogP contribution in [0.4, 0.5) is 5.69 Å². The van der Waals surface area contributed by atoms with Crippen molar-refractivity contribution in [3.63, 3.8) is 0 Å². The highest BCUT2D eigenvalue weighted by molar-refractivity contribution is 7.80. The molecule has 36 heavy (non-hydrogen) atoms. The Kier molecular flexibility index (Phi) is 6.65. The van der Waals surface area contributed by atoms with Gasteiger partial charge in [-0.3, -0.25) is 19.8 Å². The van der Waals surface area contributed by atoms with Crippen molar-refractivity contribution < 1.29 is 19.1 Å². The minimum atomic E-state index is -0.532. The summed E-state index contributed by atoms with van der Waals surface area (Å²) in [5, 5.41) is 2.72. The molecule has 184 valence electrons. The van der Waals surface area contributed by atoms with Gasteiger partial charge in [0.15, 0.2) is 5.11 Å². The fourth-order valence-corrected chi connectivity index (χ4v) is 4.72. The van der Waals surface area contributed by atoms with Crippen molar-refractivity contribution in [2.24, 2.45) is 0 Å². The molecule has 1 aliphatic rings. The van der Waals surface area contributed by atoms with Crippen molar-refractivity contribution in [1.82, 2.24) is 9.88 Å². The fraction of sp³-hybridized carbons (Fsp3) is 0.214. The molecule has 0 radical (unpaired) electrons. The minimum absolute atomic E-state index is 0.00233. The van der Waals surface area contributed by atoms with E-state index in [0.717, 1.165) is 39.3 Å². The number of aryl methyl sites for hydroxylation is 4. The number of rotatable bonds is 4. The number of benzene rings is 2. The second kappa shape index (κ2) is 9.54. The molecule has 1 aromatic heterocycles. The lowest BCUT2D eigenvalue weighted by molar-refractivity contribution is -0.122. The third kappa shape index (κ3) is 4.35. The summed E-state index contributed by atoms with van der Waals surface area (Å²) >= 11 is 5.36. The summed E-state index contributed by atoms with van der Waals surface area (Å²) in [6.45, 7) is 9.62. The Balaban J connectivity index is 1.77. The molecule has 7 nitrogen and oxygen atoms in total. The summed E-state index contributed by atoms with van der Waals surface area (Å²) in [5.74, 6) is -1.40. The molecular formula is C28H27N3O4S. The summed E-state index contributed by atoms with van der Waals surface area (Å²) in [6.07, 6.45) is 1.61. The van der Waals surface area contributed by atoms with Gasteiger partial charge in [-0.05, 0) is 105 Å². The van der Waals surface area contributed by atoms with E-state index in [9.17, 15) is 14.4 Å². The Labute approximate surface area is 215 Å². The normalized spacial score (nSPS) is 14.9. The lowest BCUT2D eigenvalue weighted by Gasteiger charge is -2.30. The highest BCUT2D eigenvalue weighted by Crippen LogP contribution is 2.29. The topological polar surface area (TPSA) is 80.6 Å². The highest BCUT2D eigenvalue weighted by Gasteiger charge is 2.35. The van der Waals surface area contributed by atoms with Gasteiger partial charge in [0.2, 0.25) is 0 Å². The van der Waals surface area contributed by atoms with Gasteiger partial charge >= 0.3 is 5.97 Å². The number of aromatic nitrogens is 1. The molecular weight excluding hydrogens is 474 g/mol. The molecule has 0 aliphatic carbocycles. The number of hydrogen-bond acceptors (Lipinski definition) is 5. The van der Waals surface area contributed by atoms with Crippen LogP contribution in [-0.4, -0.2) is 34.6 Å². The molecule has 1 fully saturated rings. The summed E-state index contributed by atoms with van der Waals surface area (Å²) < 4.78 is 6.85. The Bertz CT molecular complexity index is 1480. The molecule has 1 aliphatic heterocycles. The van der Waals surface area contributed by atoms with E-state index in [0.29, 0.717) is 11.3 Å². The van der Waals surface area contributed by atoms with Crippen LogP contribution in [0.3, 0.4) is 0 Å². The van der Waals surface area contributed by atoms with Crippen molar-refractivity contribution >= 4 is 46.9 Å². The van der Waals surface area contributed by atoms with Crippen LogP contribution in [0, 0.1) is 34.6 Å². The van der Waals surface area contributed by atoms with Crippen molar-refractivity contribution in [3.8, 4) is 5.69 Å². The number of hydrogen-bond donors (Lipinski definition) is 1. The van der Waals surface area contributed by atoms with E-state index in [4.69, 9.17) is 17.0 Å². The highest BCUT2D eigenvalue weighted by atomic mass is 32.1. The van der Waals surface area contributed by atoms with Crippen LogP contribution in [0.1, 0.15) is 44.0 Å². The molecule has 3 aromatic rings. The third-order valence-electron chi connectivity index (χ3n) is 6.34. The smallest absolute Gasteiger partial charge is 0.337 e. The summed E-state index contributed by atoms with van der Waals surface area (Å²) in [6, 6.07) is 13.0. The molecule has 0 saturated carbocycles. The quantitative estimate of drug-likeness (QED) is 0.244. The minimum Gasteiger partial charge on any atom is -0.465 e. The van der Waals surface area contributed by atoms with Crippen LogP contribution < -0.4 is 10.2 Å². The van der Waals surface area contributed by atoms with E-state index >= 15 is 0 Å². The average Bonchev–Trinajstić information content (AvgIpc) is 3.10. The summed E-state index contributed by atoms with van der Waals surface area (Å²) in [7, 11) is 1.35. The molecule has 2 heterocycles. The molecule has 0 unspecified atom stereocenters. The third-order valence-corrected chi connectivity index (χ3v) is 6.62. The Morgan fingerprint density at radius 3 is 2.33 bits per heavy atom. The van der Waals surface area contributed by atoms with E-state index in [1.807, 2.05) is 69.5 Å².